The molecule has 0 saturated heterocycles. The molecular formula is C6H5ClO2S2. The molecule has 5 heteroatoms. The third-order valence-electron chi connectivity index (χ3n) is 1.22. The van der Waals surface area contributed by atoms with Gasteiger partial charge in [0.1, 0.15) is 0 Å². The molecule has 0 atom stereocenters. The average Bonchev–Trinajstić information content (AvgIpc) is 1.86. The summed E-state index contributed by atoms with van der Waals surface area (Å²) in [5, 5.41) is 0. The van der Waals surface area contributed by atoms with Gasteiger partial charge in [0.2, 0.25) is 0 Å². The van der Waals surface area contributed by atoms with Crippen molar-refractivity contribution < 1.29 is 8.42 Å². The van der Waals surface area contributed by atoms with Gasteiger partial charge in [-0.2, -0.15) is 0 Å². The van der Waals surface area contributed by atoms with Crippen molar-refractivity contribution >= 4 is 36.8 Å². The minimum absolute atomic E-state index is 0.0525. The third-order valence-corrected chi connectivity index (χ3v) is 3.15. The lowest BCUT2D eigenvalue weighted by Crippen LogP contribution is -2.07. The van der Waals surface area contributed by atoms with Gasteiger partial charge < -0.3 is 0 Å². The zero-order valence-corrected chi connectivity index (χ0v) is 7.84. The third kappa shape index (κ3) is 2.12. The fraction of sp³-hybridized carbons (Fsp3) is 0.167. The van der Waals surface area contributed by atoms with Crippen LogP contribution in [0.5, 0.6) is 0 Å². The van der Waals surface area contributed by atoms with Gasteiger partial charge in [0.25, 0.3) is 9.05 Å². The molecule has 0 radical (unpaired) electrons. The van der Waals surface area contributed by atoms with Crippen molar-refractivity contribution in [1.29, 1.82) is 0 Å². The van der Waals surface area contributed by atoms with Crippen LogP contribution in [0.2, 0.25) is 0 Å². The lowest BCUT2D eigenvalue weighted by Gasteiger charge is -2.05. The summed E-state index contributed by atoms with van der Waals surface area (Å²) in [6, 6.07) is 0. The van der Waals surface area contributed by atoms with E-state index >= 15 is 0 Å². The molecule has 1 aliphatic rings. The van der Waals surface area contributed by atoms with Crippen LogP contribution < -0.4 is 0 Å². The van der Waals surface area contributed by atoms with Crippen LogP contribution in [-0.4, -0.2) is 13.3 Å². The van der Waals surface area contributed by atoms with Crippen molar-refractivity contribution in [2.45, 2.75) is 6.42 Å². The highest BCUT2D eigenvalue weighted by molar-refractivity contribution is 8.18. The molecule has 0 aromatic rings. The van der Waals surface area contributed by atoms with Gasteiger partial charge in [-0.25, -0.2) is 8.42 Å². The number of allylic oxidation sites excluding steroid dienone is 4. The van der Waals surface area contributed by atoms with Gasteiger partial charge in [0.15, 0.2) is 0 Å². The first-order valence-electron chi connectivity index (χ1n) is 2.86. The summed E-state index contributed by atoms with van der Waals surface area (Å²) in [5.74, 6) is 0. The number of hydrogen-bond acceptors (Lipinski definition) is 3. The standard InChI is InChI=1S/C6H5ClO2S2/c7-11(8,9)6-4-2-1-3-5(6)10/h1-2,4H,3H2. The van der Waals surface area contributed by atoms with Crippen LogP contribution in [-0.2, 0) is 9.05 Å². The van der Waals surface area contributed by atoms with Crippen molar-refractivity contribution in [3.05, 3.63) is 23.1 Å². The summed E-state index contributed by atoms with van der Waals surface area (Å²) < 4.78 is 21.5. The highest BCUT2D eigenvalue weighted by atomic mass is 35.7. The van der Waals surface area contributed by atoms with Crippen molar-refractivity contribution in [3.63, 3.8) is 0 Å². The Kier molecular flexibility index (Phi) is 2.47. The molecule has 0 unspecified atom stereocenters. The Labute approximate surface area is 75.0 Å². The maximum Gasteiger partial charge on any atom is 0.262 e. The van der Waals surface area contributed by atoms with Crippen LogP contribution >= 0.6 is 22.9 Å². The molecule has 0 N–H and O–H groups in total. The first kappa shape index (κ1) is 8.90. The SMILES string of the molecule is O=S(=O)(Cl)C1=CC=CCC1=S. The minimum atomic E-state index is -3.63. The Morgan fingerprint density at radius 1 is 1.55 bits per heavy atom. The highest BCUT2D eigenvalue weighted by Crippen LogP contribution is 2.19. The van der Waals surface area contributed by atoms with Crippen molar-refractivity contribution in [1.82, 2.24) is 0 Å². The van der Waals surface area contributed by atoms with Crippen molar-refractivity contribution in [2.24, 2.45) is 0 Å². The molecule has 0 saturated carbocycles. The first-order chi connectivity index (χ1) is 5.02. The second kappa shape index (κ2) is 3.05. The van der Waals surface area contributed by atoms with E-state index in [-0.39, 0.29) is 4.91 Å². The number of halogens is 1. The van der Waals surface area contributed by atoms with E-state index < -0.39 is 9.05 Å². The summed E-state index contributed by atoms with van der Waals surface area (Å²) in [6.07, 6.45) is 5.31. The van der Waals surface area contributed by atoms with E-state index in [1.165, 1.54) is 6.08 Å². The zero-order chi connectivity index (χ0) is 8.48. The van der Waals surface area contributed by atoms with Crippen LogP contribution in [0.1, 0.15) is 6.42 Å². The molecule has 1 rings (SSSR count). The molecule has 0 aromatic carbocycles. The molecule has 11 heavy (non-hydrogen) atoms. The Hall–Kier alpha value is -0.190. The molecule has 0 bridgehead atoms. The average molecular weight is 209 g/mol. The van der Waals surface area contributed by atoms with Crippen molar-refractivity contribution in [3.8, 4) is 0 Å². The van der Waals surface area contributed by atoms with E-state index in [2.05, 4.69) is 0 Å². The maximum absolute atomic E-state index is 10.8. The topological polar surface area (TPSA) is 34.1 Å². The summed E-state index contributed by atoms with van der Waals surface area (Å²) in [6.45, 7) is 0. The largest absolute Gasteiger partial charge is 0.262 e. The normalized spacial score (nSPS) is 18.3. The molecule has 0 spiro atoms. The van der Waals surface area contributed by atoms with Crippen LogP contribution in [0.3, 0.4) is 0 Å². The molecule has 2 nitrogen and oxygen atoms in total. The van der Waals surface area contributed by atoms with E-state index in [4.69, 9.17) is 22.9 Å². The number of rotatable bonds is 1. The zero-order valence-electron chi connectivity index (χ0n) is 5.45. The van der Waals surface area contributed by atoms with E-state index in [9.17, 15) is 8.42 Å². The summed E-state index contributed by atoms with van der Waals surface area (Å²) in [5.41, 5.74) is 0. The fourth-order valence-electron chi connectivity index (χ4n) is 0.741. The fourth-order valence-corrected chi connectivity index (χ4v) is 2.40. The first-order valence-corrected chi connectivity index (χ1v) is 5.58. The van der Waals surface area contributed by atoms with Gasteiger partial charge in [-0.3, -0.25) is 0 Å². The van der Waals surface area contributed by atoms with Crippen LogP contribution in [0.25, 0.3) is 0 Å². The lowest BCUT2D eigenvalue weighted by molar-refractivity contribution is 0.616. The Morgan fingerprint density at radius 3 is 2.55 bits per heavy atom. The second-order valence-corrected chi connectivity index (χ2v) is 5.05. The highest BCUT2D eigenvalue weighted by Gasteiger charge is 2.18. The lowest BCUT2D eigenvalue weighted by atomic mass is 10.2. The summed E-state index contributed by atoms with van der Waals surface area (Å²) >= 11 is 4.79. The van der Waals surface area contributed by atoms with Gasteiger partial charge >= 0.3 is 0 Å². The Morgan fingerprint density at radius 2 is 2.18 bits per heavy atom. The summed E-state index contributed by atoms with van der Waals surface area (Å²) in [7, 11) is 1.46. The van der Waals surface area contributed by atoms with E-state index in [1.807, 2.05) is 0 Å². The maximum atomic E-state index is 10.8. The van der Waals surface area contributed by atoms with Gasteiger partial charge in [0.05, 0.1) is 4.91 Å². The van der Waals surface area contributed by atoms with Crippen molar-refractivity contribution in [2.75, 3.05) is 0 Å². The van der Waals surface area contributed by atoms with Crippen LogP contribution in [0.4, 0.5) is 0 Å². The van der Waals surface area contributed by atoms with Gasteiger partial charge in [-0.1, -0.05) is 24.4 Å². The van der Waals surface area contributed by atoms with Gasteiger partial charge in [-0.05, 0) is 6.08 Å². The predicted octanol–water partition coefficient (Wildman–Crippen LogP) is 1.77. The van der Waals surface area contributed by atoms with Crippen LogP contribution in [0.15, 0.2) is 23.1 Å². The Balaban J connectivity index is 3.14. The van der Waals surface area contributed by atoms with E-state index in [0.717, 1.165) is 0 Å². The molecule has 0 heterocycles. The quantitative estimate of drug-likeness (QED) is 0.487. The molecule has 0 aromatic heterocycles. The molecule has 60 valence electrons. The molecular weight excluding hydrogens is 204 g/mol. The molecule has 1 aliphatic carbocycles. The summed E-state index contributed by atoms with van der Waals surface area (Å²) in [4.78, 5) is 0.430. The minimum Gasteiger partial charge on any atom is -0.207 e. The van der Waals surface area contributed by atoms with E-state index in [0.29, 0.717) is 11.3 Å². The monoisotopic (exact) mass is 208 g/mol. The molecule has 0 aliphatic heterocycles. The van der Waals surface area contributed by atoms with Gasteiger partial charge in [-0.15, -0.1) is 0 Å². The number of hydrogen-bond donors (Lipinski definition) is 0. The Bertz CT molecular complexity index is 338. The second-order valence-electron chi connectivity index (χ2n) is 2.02. The molecule has 0 fully saturated rings. The van der Waals surface area contributed by atoms with Gasteiger partial charge in [0, 0.05) is 22.0 Å². The molecule has 0 amide bonds. The predicted molar refractivity (Wildman–Crippen MR) is 49.2 cm³/mol. The van der Waals surface area contributed by atoms with Crippen LogP contribution in [0, 0.1) is 0 Å². The van der Waals surface area contributed by atoms with E-state index in [1.54, 1.807) is 12.2 Å². The number of thiocarbonyl (C=S) groups is 1. The smallest absolute Gasteiger partial charge is 0.207 e.